The van der Waals surface area contributed by atoms with Gasteiger partial charge in [-0.2, -0.15) is 0 Å². The fourth-order valence-electron chi connectivity index (χ4n) is 7.92. The van der Waals surface area contributed by atoms with Crippen molar-refractivity contribution in [3.8, 4) is 67.5 Å². The van der Waals surface area contributed by atoms with Crippen LogP contribution in [0.2, 0.25) is 0 Å². The zero-order valence-corrected chi connectivity index (χ0v) is 36.1. The molecule has 302 valence electrons. The molecule has 0 aliphatic carbocycles. The summed E-state index contributed by atoms with van der Waals surface area (Å²) in [4.78, 5) is 10.3. The molecule has 8 rings (SSSR count). The quantitative estimate of drug-likeness (QED) is 0.182. The Kier molecular flexibility index (Phi) is 8.44. The standard InChI is InChI=1S/C56H57N3O/c1-35-20-22-38(23-21-35)39-26-27-57-48(32-39)42-30-40(37-16-13-12-14-17-37)29-41(31-42)45-18-15-19-50-51(45)58-53(59(50)49-25-24-43(28-36(49)2)54(3,4)5)46-33-44(55(6,7)8)34-47(52(46)60)56(9,10)11/h12-34,60H,1-11H3/i1D3,2D3. The molecule has 0 atom stereocenters. The number of aryl methyl sites for hydroxylation is 2. The predicted molar refractivity (Wildman–Crippen MR) is 253 cm³/mol. The van der Waals surface area contributed by atoms with Gasteiger partial charge in [-0.05, 0) is 123 Å². The Morgan fingerprint density at radius 2 is 1.23 bits per heavy atom. The van der Waals surface area contributed by atoms with Crippen molar-refractivity contribution in [2.45, 2.75) is 92.3 Å². The highest BCUT2D eigenvalue weighted by Gasteiger charge is 2.29. The van der Waals surface area contributed by atoms with Gasteiger partial charge in [0.25, 0.3) is 0 Å². The van der Waals surface area contributed by atoms with Gasteiger partial charge in [0.05, 0.1) is 28.0 Å². The van der Waals surface area contributed by atoms with Crippen LogP contribution in [-0.4, -0.2) is 19.6 Å². The van der Waals surface area contributed by atoms with E-state index in [4.69, 9.17) is 18.2 Å². The molecule has 6 aromatic carbocycles. The molecule has 0 aliphatic heterocycles. The monoisotopic (exact) mass is 793 g/mol. The average molecular weight is 794 g/mol. The second-order valence-electron chi connectivity index (χ2n) is 19.0. The third-order valence-corrected chi connectivity index (χ3v) is 11.4. The highest BCUT2D eigenvalue weighted by molar-refractivity contribution is 5.98. The van der Waals surface area contributed by atoms with Crippen molar-refractivity contribution in [3.63, 3.8) is 0 Å². The van der Waals surface area contributed by atoms with Crippen LogP contribution in [0.15, 0.2) is 140 Å². The number of aromatic hydroxyl groups is 1. The van der Waals surface area contributed by atoms with E-state index in [1.807, 2.05) is 83.4 Å². The molecule has 0 amide bonds. The van der Waals surface area contributed by atoms with Crippen LogP contribution in [0.5, 0.6) is 5.75 Å². The van der Waals surface area contributed by atoms with Gasteiger partial charge in [0.15, 0.2) is 0 Å². The van der Waals surface area contributed by atoms with Crippen LogP contribution in [0.25, 0.3) is 72.7 Å². The number of fused-ring (bicyclic) bond motifs is 1. The van der Waals surface area contributed by atoms with Crippen molar-refractivity contribution >= 4 is 11.0 Å². The topological polar surface area (TPSA) is 50.9 Å². The lowest BCUT2D eigenvalue weighted by atomic mass is 9.79. The lowest BCUT2D eigenvalue weighted by Crippen LogP contribution is -2.17. The fraction of sp³-hybridized carbons (Fsp3) is 0.250. The van der Waals surface area contributed by atoms with Gasteiger partial charge < -0.3 is 5.11 Å². The number of benzene rings is 6. The van der Waals surface area contributed by atoms with E-state index in [1.165, 1.54) is 0 Å². The second kappa shape index (κ2) is 15.1. The van der Waals surface area contributed by atoms with Crippen LogP contribution in [0.1, 0.15) is 98.4 Å². The van der Waals surface area contributed by atoms with Gasteiger partial charge in [0.1, 0.15) is 11.6 Å². The van der Waals surface area contributed by atoms with Crippen LogP contribution in [-0.2, 0) is 16.2 Å². The number of hydrogen-bond donors (Lipinski definition) is 1. The minimum absolute atomic E-state index is 0.0997. The summed E-state index contributed by atoms with van der Waals surface area (Å²) in [5.74, 6) is 0.529. The first kappa shape index (κ1) is 33.6. The maximum Gasteiger partial charge on any atom is 0.149 e. The van der Waals surface area contributed by atoms with Gasteiger partial charge in [-0.3, -0.25) is 9.55 Å². The Morgan fingerprint density at radius 3 is 1.92 bits per heavy atom. The smallest absolute Gasteiger partial charge is 0.149 e. The SMILES string of the molecule is [2H]C([2H])([2H])c1ccc(-c2ccnc(-c3cc(-c4ccccc4)cc(-c4cccc5c4nc(-c4cc(C(C)(C)C)cc(C(C)(C)C)c4O)n5-c4ccc(C(C)(C)C)cc4C([2H])([2H])[2H])c3)c2)cc1. The molecule has 4 nitrogen and oxygen atoms in total. The molecule has 1 N–H and O–H groups in total. The summed E-state index contributed by atoms with van der Waals surface area (Å²) in [5, 5.41) is 12.4. The molecule has 0 radical (unpaired) electrons. The lowest BCUT2D eigenvalue weighted by Gasteiger charge is -2.27. The molecule has 0 spiro atoms. The van der Waals surface area contributed by atoms with Crippen molar-refractivity contribution in [2.75, 3.05) is 0 Å². The Balaban J connectivity index is 1.43. The van der Waals surface area contributed by atoms with Gasteiger partial charge in [-0.15, -0.1) is 0 Å². The Hall–Kier alpha value is -6.26. The number of phenolic OH excluding ortho intramolecular Hbond substituents is 1. The number of hydrogen-bond acceptors (Lipinski definition) is 3. The van der Waals surface area contributed by atoms with E-state index in [0.29, 0.717) is 28.1 Å². The average Bonchev–Trinajstić information content (AvgIpc) is 3.64. The molecule has 0 saturated heterocycles. The number of imidazole rings is 1. The summed E-state index contributed by atoms with van der Waals surface area (Å²) < 4.78 is 52.1. The first-order valence-electron chi connectivity index (χ1n) is 23.6. The molecule has 2 aromatic heterocycles. The summed E-state index contributed by atoms with van der Waals surface area (Å²) in [6.07, 6.45) is 1.77. The minimum atomic E-state index is -2.48. The molecule has 2 heterocycles. The van der Waals surface area contributed by atoms with E-state index in [2.05, 4.69) is 98.7 Å². The molecule has 0 saturated carbocycles. The van der Waals surface area contributed by atoms with E-state index >= 15 is 0 Å². The molecule has 0 unspecified atom stereocenters. The second-order valence-corrected chi connectivity index (χ2v) is 19.0. The van der Waals surface area contributed by atoms with Gasteiger partial charge in [-0.25, -0.2) is 4.98 Å². The number of phenols is 1. The third kappa shape index (κ3) is 7.79. The first-order chi connectivity index (χ1) is 30.8. The molecular weight excluding hydrogens is 731 g/mol. The molecule has 0 aliphatic rings. The highest BCUT2D eigenvalue weighted by atomic mass is 16.3. The lowest BCUT2D eigenvalue weighted by molar-refractivity contribution is 0.446. The zero-order chi connectivity index (χ0) is 47.7. The van der Waals surface area contributed by atoms with Crippen LogP contribution < -0.4 is 0 Å². The van der Waals surface area contributed by atoms with Crippen molar-refractivity contribution < 1.29 is 13.3 Å². The fourth-order valence-corrected chi connectivity index (χ4v) is 7.92. The molecule has 4 heteroatoms. The Bertz CT molecular complexity index is 3110. The maximum absolute atomic E-state index is 12.4. The number of aromatic nitrogens is 3. The molecule has 0 fully saturated rings. The van der Waals surface area contributed by atoms with Crippen LogP contribution >= 0.6 is 0 Å². The molecule has 8 aromatic rings. The normalized spacial score (nSPS) is 14.2. The summed E-state index contributed by atoms with van der Waals surface area (Å²) in [5.41, 5.74) is 11.4. The highest BCUT2D eigenvalue weighted by Crippen LogP contribution is 2.45. The van der Waals surface area contributed by atoms with Gasteiger partial charge in [-0.1, -0.05) is 153 Å². The van der Waals surface area contributed by atoms with Crippen LogP contribution in [0.4, 0.5) is 0 Å². The predicted octanol–water partition coefficient (Wildman–Crippen LogP) is 15.0. The van der Waals surface area contributed by atoms with E-state index in [-0.39, 0.29) is 27.7 Å². The van der Waals surface area contributed by atoms with E-state index in [9.17, 15) is 5.11 Å². The van der Waals surface area contributed by atoms with Crippen molar-refractivity contribution in [1.82, 2.24) is 14.5 Å². The van der Waals surface area contributed by atoms with Crippen molar-refractivity contribution in [3.05, 3.63) is 167 Å². The van der Waals surface area contributed by atoms with Gasteiger partial charge >= 0.3 is 0 Å². The summed E-state index contributed by atoms with van der Waals surface area (Å²) in [7, 11) is 0. The first-order valence-corrected chi connectivity index (χ1v) is 20.6. The minimum Gasteiger partial charge on any atom is -0.507 e. The number of pyridine rings is 1. The summed E-state index contributed by atoms with van der Waals surface area (Å²) >= 11 is 0. The third-order valence-electron chi connectivity index (χ3n) is 11.4. The number of nitrogens with zero attached hydrogens (tertiary/aromatic N) is 3. The number of rotatable bonds is 6. The molecule has 0 bridgehead atoms. The Labute approximate surface area is 365 Å². The Morgan fingerprint density at radius 1 is 0.533 bits per heavy atom. The molecular formula is C56H57N3O. The number of para-hydroxylation sites is 1. The van der Waals surface area contributed by atoms with Crippen molar-refractivity contribution in [2.24, 2.45) is 0 Å². The maximum atomic E-state index is 12.4. The van der Waals surface area contributed by atoms with Crippen LogP contribution in [0, 0.1) is 13.7 Å². The van der Waals surface area contributed by atoms with Crippen LogP contribution in [0.3, 0.4) is 0 Å². The van der Waals surface area contributed by atoms with Gasteiger partial charge in [0.2, 0.25) is 0 Å². The van der Waals surface area contributed by atoms with E-state index in [1.54, 1.807) is 24.4 Å². The largest absolute Gasteiger partial charge is 0.507 e. The van der Waals surface area contributed by atoms with E-state index in [0.717, 1.165) is 61.3 Å². The van der Waals surface area contributed by atoms with Crippen molar-refractivity contribution in [1.29, 1.82) is 0 Å². The van der Waals surface area contributed by atoms with Gasteiger partial charge in [0, 0.05) is 31.1 Å². The summed E-state index contributed by atoms with van der Waals surface area (Å²) in [6, 6.07) is 43.1. The zero-order valence-electron chi connectivity index (χ0n) is 42.1. The summed E-state index contributed by atoms with van der Waals surface area (Å²) in [6.45, 7) is 14.2. The molecule has 60 heavy (non-hydrogen) atoms. The van der Waals surface area contributed by atoms with E-state index < -0.39 is 19.1 Å².